The first kappa shape index (κ1) is 13.1. The van der Waals surface area contributed by atoms with E-state index in [9.17, 15) is 5.11 Å². The van der Waals surface area contributed by atoms with Gasteiger partial charge in [-0.25, -0.2) is 0 Å². The largest absolute Gasteiger partial charge is 0.490 e. The Hall–Kier alpha value is -0.870. The quantitative estimate of drug-likeness (QED) is 0.902. The van der Waals surface area contributed by atoms with E-state index < -0.39 is 0 Å². The number of ether oxygens (including phenoxy) is 2. The van der Waals surface area contributed by atoms with E-state index in [1.165, 1.54) is 6.42 Å². The van der Waals surface area contributed by atoms with Crippen LogP contribution in [0.25, 0.3) is 0 Å². The summed E-state index contributed by atoms with van der Waals surface area (Å²) in [5, 5.41) is 10.4. The molecule has 1 aliphatic carbocycles. The number of thioether (sulfide) groups is 1. The van der Waals surface area contributed by atoms with Crippen molar-refractivity contribution in [2.24, 2.45) is 0 Å². The summed E-state index contributed by atoms with van der Waals surface area (Å²) in [5.74, 6) is 1.68. The molecule has 1 saturated carbocycles. The molecule has 3 rings (SSSR count). The summed E-state index contributed by atoms with van der Waals surface area (Å²) < 4.78 is 11.3. The van der Waals surface area contributed by atoms with Gasteiger partial charge in [-0.15, -0.1) is 11.8 Å². The Morgan fingerprint density at radius 2 is 1.79 bits per heavy atom. The number of benzene rings is 1. The molecule has 2 unspecified atom stereocenters. The second-order valence-corrected chi connectivity index (χ2v) is 6.48. The Morgan fingerprint density at radius 1 is 1.00 bits per heavy atom. The predicted molar refractivity (Wildman–Crippen MR) is 76.2 cm³/mol. The monoisotopic (exact) mass is 280 g/mol. The molecule has 1 fully saturated rings. The second-order valence-electron chi connectivity index (χ2n) is 5.17. The zero-order valence-corrected chi connectivity index (χ0v) is 11.8. The summed E-state index contributed by atoms with van der Waals surface area (Å²) in [6.45, 7) is 1.44. The first-order valence-electron chi connectivity index (χ1n) is 7.07. The number of aliphatic hydroxyl groups excluding tert-OH is 1. The Bertz CT molecular complexity index is 435. The normalized spacial score (nSPS) is 26.8. The van der Waals surface area contributed by atoms with Crippen molar-refractivity contribution in [3.8, 4) is 11.5 Å². The molecule has 0 bridgehead atoms. The highest BCUT2D eigenvalue weighted by atomic mass is 32.2. The molecule has 3 nitrogen and oxygen atoms in total. The molecular formula is C15H20O3S. The Labute approximate surface area is 118 Å². The summed E-state index contributed by atoms with van der Waals surface area (Å²) in [6, 6.07) is 6.10. The van der Waals surface area contributed by atoms with Crippen LogP contribution in [0.3, 0.4) is 0 Å². The average Bonchev–Trinajstić information content (AvgIpc) is 2.66. The van der Waals surface area contributed by atoms with Gasteiger partial charge in [0.1, 0.15) is 0 Å². The van der Waals surface area contributed by atoms with Crippen LogP contribution in [0.2, 0.25) is 0 Å². The van der Waals surface area contributed by atoms with Gasteiger partial charge >= 0.3 is 0 Å². The molecule has 19 heavy (non-hydrogen) atoms. The summed E-state index contributed by atoms with van der Waals surface area (Å²) in [7, 11) is 0. The van der Waals surface area contributed by atoms with Crippen LogP contribution in [0, 0.1) is 0 Å². The van der Waals surface area contributed by atoms with Gasteiger partial charge in [0.25, 0.3) is 0 Å². The third-order valence-corrected chi connectivity index (χ3v) is 5.05. The van der Waals surface area contributed by atoms with E-state index in [4.69, 9.17) is 9.47 Å². The fourth-order valence-electron chi connectivity index (χ4n) is 2.61. The molecule has 1 aromatic rings. The lowest BCUT2D eigenvalue weighted by Crippen LogP contribution is -2.26. The predicted octanol–water partition coefficient (Wildman–Crippen LogP) is 3.24. The van der Waals surface area contributed by atoms with E-state index in [0.717, 1.165) is 48.7 Å². The first-order valence-corrected chi connectivity index (χ1v) is 7.95. The molecule has 1 aliphatic heterocycles. The summed E-state index contributed by atoms with van der Waals surface area (Å²) in [4.78, 5) is 1.16. The molecule has 104 valence electrons. The van der Waals surface area contributed by atoms with Crippen molar-refractivity contribution in [2.75, 3.05) is 13.2 Å². The minimum atomic E-state index is -0.172. The lowest BCUT2D eigenvalue weighted by molar-refractivity contribution is 0.137. The highest BCUT2D eigenvalue weighted by molar-refractivity contribution is 8.00. The third-order valence-electron chi connectivity index (χ3n) is 3.67. The van der Waals surface area contributed by atoms with E-state index in [0.29, 0.717) is 11.9 Å². The Kier molecular flexibility index (Phi) is 4.18. The topological polar surface area (TPSA) is 38.7 Å². The molecular weight excluding hydrogens is 260 g/mol. The van der Waals surface area contributed by atoms with Crippen molar-refractivity contribution in [1.82, 2.24) is 0 Å². The molecule has 2 aliphatic rings. The summed E-state index contributed by atoms with van der Waals surface area (Å²) in [6.07, 6.45) is 5.16. The summed E-state index contributed by atoms with van der Waals surface area (Å²) >= 11 is 1.77. The maximum Gasteiger partial charge on any atom is 0.162 e. The first-order chi connectivity index (χ1) is 9.33. The third kappa shape index (κ3) is 3.18. The zero-order chi connectivity index (χ0) is 13.1. The number of hydrogen-bond donors (Lipinski definition) is 1. The SMILES string of the molecule is OC1CCCCC1Sc1ccc2c(c1)OCCCO2. The van der Waals surface area contributed by atoms with Crippen molar-refractivity contribution < 1.29 is 14.6 Å². The number of hydrogen-bond acceptors (Lipinski definition) is 4. The highest BCUT2D eigenvalue weighted by Crippen LogP contribution is 2.38. The number of fused-ring (bicyclic) bond motifs is 1. The van der Waals surface area contributed by atoms with Crippen LogP contribution < -0.4 is 9.47 Å². The maximum atomic E-state index is 10.0. The zero-order valence-electron chi connectivity index (χ0n) is 11.0. The average molecular weight is 280 g/mol. The lowest BCUT2D eigenvalue weighted by Gasteiger charge is -2.27. The van der Waals surface area contributed by atoms with Crippen LogP contribution in [-0.2, 0) is 0 Å². The number of rotatable bonds is 2. The van der Waals surface area contributed by atoms with Gasteiger partial charge in [-0.3, -0.25) is 0 Å². The van der Waals surface area contributed by atoms with Crippen LogP contribution >= 0.6 is 11.8 Å². The number of aliphatic hydroxyl groups is 1. The smallest absolute Gasteiger partial charge is 0.162 e. The molecule has 0 amide bonds. The molecule has 0 saturated heterocycles. The van der Waals surface area contributed by atoms with Gasteiger partial charge in [-0.1, -0.05) is 12.8 Å². The van der Waals surface area contributed by atoms with Gasteiger partial charge in [-0.05, 0) is 31.0 Å². The van der Waals surface area contributed by atoms with Gasteiger partial charge in [0, 0.05) is 16.6 Å². The molecule has 1 heterocycles. The van der Waals surface area contributed by atoms with Crippen molar-refractivity contribution >= 4 is 11.8 Å². The van der Waals surface area contributed by atoms with Crippen LogP contribution in [0.1, 0.15) is 32.1 Å². The minimum absolute atomic E-state index is 0.172. The van der Waals surface area contributed by atoms with Crippen LogP contribution in [0.4, 0.5) is 0 Å². The van der Waals surface area contributed by atoms with E-state index in [1.807, 2.05) is 12.1 Å². The van der Waals surface area contributed by atoms with Crippen molar-refractivity contribution in [3.05, 3.63) is 18.2 Å². The van der Waals surface area contributed by atoms with Gasteiger partial charge < -0.3 is 14.6 Å². The van der Waals surface area contributed by atoms with E-state index >= 15 is 0 Å². The van der Waals surface area contributed by atoms with Gasteiger partial charge in [0.2, 0.25) is 0 Å². The fourth-order valence-corrected chi connectivity index (χ4v) is 3.86. The van der Waals surface area contributed by atoms with E-state index in [2.05, 4.69) is 6.07 Å². The summed E-state index contributed by atoms with van der Waals surface area (Å²) in [5.41, 5.74) is 0. The van der Waals surface area contributed by atoms with Crippen molar-refractivity contribution in [2.45, 2.75) is 48.4 Å². The maximum absolute atomic E-state index is 10.0. The standard InChI is InChI=1S/C15H20O3S/c16-12-4-1-2-5-15(12)19-11-6-7-13-14(10-11)18-9-3-8-17-13/h6-7,10,12,15-16H,1-5,8-9H2. The van der Waals surface area contributed by atoms with Gasteiger partial charge in [-0.2, -0.15) is 0 Å². The molecule has 0 spiro atoms. The molecule has 1 aromatic carbocycles. The lowest BCUT2D eigenvalue weighted by atomic mass is 9.97. The van der Waals surface area contributed by atoms with Crippen LogP contribution in [0.15, 0.2) is 23.1 Å². The van der Waals surface area contributed by atoms with E-state index in [1.54, 1.807) is 11.8 Å². The van der Waals surface area contributed by atoms with Crippen molar-refractivity contribution in [3.63, 3.8) is 0 Å². The molecule has 4 heteroatoms. The van der Waals surface area contributed by atoms with Crippen LogP contribution in [-0.4, -0.2) is 29.7 Å². The fraction of sp³-hybridized carbons (Fsp3) is 0.600. The molecule has 1 N–H and O–H groups in total. The van der Waals surface area contributed by atoms with E-state index in [-0.39, 0.29) is 6.10 Å². The van der Waals surface area contributed by atoms with Gasteiger partial charge in [0.05, 0.1) is 19.3 Å². The molecule has 0 aromatic heterocycles. The Morgan fingerprint density at radius 3 is 2.63 bits per heavy atom. The van der Waals surface area contributed by atoms with Crippen LogP contribution in [0.5, 0.6) is 11.5 Å². The highest BCUT2D eigenvalue weighted by Gasteiger charge is 2.24. The van der Waals surface area contributed by atoms with Crippen molar-refractivity contribution in [1.29, 1.82) is 0 Å². The minimum Gasteiger partial charge on any atom is -0.490 e. The van der Waals surface area contributed by atoms with Gasteiger partial charge in [0.15, 0.2) is 11.5 Å². The second kappa shape index (κ2) is 6.06. The molecule has 2 atom stereocenters. The molecule has 0 radical (unpaired) electrons. The Balaban J connectivity index is 1.72.